The van der Waals surface area contributed by atoms with Gasteiger partial charge in [-0.25, -0.2) is 4.39 Å². The van der Waals surface area contributed by atoms with Gasteiger partial charge in [-0.2, -0.15) is 0 Å². The van der Waals surface area contributed by atoms with Crippen molar-refractivity contribution in [2.45, 2.75) is 0 Å². The second-order valence-electron chi connectivity index (χ2n) is 5.82. The van der Waals surface area contributed by atoms with E-state index in [0.717, 1.165) is 21.3 Å². The van der Waals surface area contributed by atoms with Gasteiger partial charge in [0.15, 0.2) is 11.7 Å². The average Bonchev–Trinajstić information content (AvgIpc) is 2.72. The first-order valence-corrected chi connectivity index (χ1v) is 9.60. The molecule has 3 aromatic rings. The number of carbonyl (C=O) groups is 2. The molecule has 0 atom stereocenters. The summed E-state index contributed by atoms with van der Waals surface area (Å²) in [5.74, 6) is -1.42. The number of amides is 2. The van der Waals surface area contributed by atoms with Crippen molar-refractivity contribution in [3.05, 3.63) is 76.5 Å². The molecule has 3 aromatic carbocycles. The van der Waals surface area contributed by atoms with Crippen molar-refractivity contribution in [1.29, 1.82) is 0 Å². The van der Waals surface area contributed by atoms with E-state index in [1.807, 2.05) is 30.3 Å². The van der Waals surface area contributed by atoms with E-state index in [1.54, 1.807) is 6.07 Å². The van der Waals surface area contributed by atoms with Gasteiger partial charge in [0.05, 0.1) is 10.0 Å². The van der Waals surface area contributed by atoms with E-state index in [1.165, 1.54) is 18.2 Å². The van der Waals surface area contributed by atoms with E-state index in [0.29, 0.717) is 5.75 Å². The molecule has 3 rings (SSSR count). The zero-order chi connectivity index (χ0) is 20.8. The fraction of sp³-hybridized carbons (Fsp3) is 0.0500. The van der Waals surface area contributed by atoms with E-state index in [9.17, 15) is 14.0 Å². The molecule has 0 aliphatic heterocycles. The largest absolute Gasteiger partial charge is 0.483 e. The summed E-state index contributed by atoms with van der Waals surface area (Å²) in [6.45, 7) is -0.284. The van der Waals surface area contributed by atoms with E-state index in [4.69, 9.17) is 17.0 Å². The molecule has 3 N–H and O–H groups in total. The molecule has 0 aliphatic carbocycles. The predicted molar refractivity (Wildman–Crippen MR) is 115 cm³/mol. The quantitative estimate of drug-likeness (QED) is 0.397. The summed E-state index contributed by atoms with van der Waals surface area (Å²) in [5.41, 5.74) is 4.51. The number of carbonyl (C=O) groups excluding carboxylic acids is 2. The zero-order valence-corrected chi connectivity index (χ0v) is 17.3. The Balaban J connectivity index is 1.49. The van der Waals surface area contributed by atoms with E-state index in [2.05, 4.69) is 32.1 Å². The van der Waals surface area contributed by atoms with Gasteiger partial charge in [-0.3, -0.25) is 25.8 Å². The lowest BCUT2D eigenvalue weighted by atomic mass is 10.1. The molecule has 0 heterocycles. The number of hydrogen-bond donors (Lipinski definition) is 3. The summed E-state index contributed by atoms with van der Waals surface area (Å²) in [6, 6.07) is 16.9. The molecule has 0 fully saturated rings. The van der Waals surface area contributed by atoms with Crippen LogP contribution in [0.2, 0.25) is 0 Å². The van der Waals surface area contributed by atoms with Crippen LogP contribution in [0.25, 0.3) is 10.8 Å². The highest BCUT2D eigenvalue weighted by Crippen LogP contribution is 2.32. The maximum absolute atomic E-state index is 13.6. The minimum Gasteiger partial charge on any atom is -0.483 e. The summed E-state index contributed by atoms with van der Waals surface area (Å²) in [5, 5.41) is 4.09. The van der Waals surface area contributed by atoms with Gasteiger partial charge < -0.3 is 4.74 Å². The SMILES string of the molecule is O=C(COc1ccc2ccccc2c1Br)NNC(=S)NC(=O)c1ccccc1F. The van der Waals surface area contributed by atoms with Gasteiger partial charge in [-0.1, -0.05) is 42.5 Å². The van der Waals surface area contributed by atoms with Crippen LogP contribution < -0.4 is 20.9 Å². The summed E-state index contributed by atoms with van der Waals surface area (Å²) < 4.78 is 19.8. The molecule has 0 saturated carbocycles. The van der Waals surface area contributed by atoms with Gasteiger partial charge in [-0.15, -0.1) is 0 Å². The number of nitrogens with one attached hydrogen (secondary N) is 3. The number of fused-ring (bicyclic) bond motifs is 1. The van der Waals surface area contributed by atoms with Crippen molar-refractivity contribution in [1.82, 2.24) is 16.2 Å². The van der Waals surface area contributed by atoms with Crippen molar-refractivity contribution < 1.29 is 18.7 Å². The Morgan fingerprint density at radius 2 is 1.72 bits per heavy atom. The molecular weight excluding hydrogens is 461 g/mol. The Labute approximate surface area is 179 Å². The third-order valence-corrected chi connectivity index (χ3v) is 4.87. The van der Waals surface area contributed by atoms with Crippen molar-refractivity contribution in [2.24, 2.45) is 0 Å². The topological polar surface area (TPSA) is 79.5 Å². The van der Waals surface area contributed by atoms with Gasteiger partial charge in [0.2, 0.25) is 0 Å². The normalized spacial score (nSPS) is 10.3. The fourth-order valence-electron chi connectivity index (χ4n) is 2.48. The van der Waals surface area contributed by atoms with Crippen LogP contribution in [0.4, 0.5) is 4.39 Å². The molecule has 0 spiro atoms. The maximum atomic E-state index is 13.6. The standard InChI is InChI=1S/C20H15BrFN3O3S/c21-18-13-6-2-1-5-12(13)9-10-16(18)28-11-17(26)24-25-20(29)23-19(27)14-7-3-4-8-15(14)22/h1-10H,11H2,(H,24,26)(H2,23,25,27,29). The van der Waals surface area contributed by atoms with Crippen LogP contribution in [0.15, 0.2) is 65.1 Å². The number of ether oxygens (including phenoxy) is 1. The van der Waals surface area contributed by atoms with E-state index < -0.39 is 17.6 Å². The van der Waals surface area contributed by atoms with Crippen LogP contribution in [-0.4, -0.2) is 23.5 Å². The Morgan fingerprint density at radius 1 is 1.00 bits per heavy atom. The molecule has 0 saturated heterocycles. The van der Waals surface area contributed by atoms with E-state index in [-0.39, 0.29) is 17.3 Å². The summed E-state index contributed by atoms with van der Waals surface area (Å²) in [4.78, 5) is 23.9. The van der Waals surface area contributed by atoms with Crippen LogP contribution in [-0.2, 0) is 4.79 Å². The van der Waals surface area contributed by atoms with Crippen molar-refractivity contribution in [2.75, 3.05) is 6.61 Å². The molecule has 29 heavy (non-hydrogen) atoms. The summed E-state index contributed by atoms with van der Waals surface area (Å²) in [6.07, 6.45) is 0. The molecule has 0 unspecified atom stereocenters. The Kier molecular flexibility index (Phi) is 6.73. The lowest BCUT2D eigenvalue weighted by Crippen LogP contribution is -2.49. The maximum Gasteiger partial charge on any atom is 0.276 e. The van der Waals surface area contributed by atoms with Crippen molar-refractivity contribution >= 4 is 55.8 Å². The monoisotopic (exact) mass is 475 g/mol. The first-order chi connectivity index (χ1) is 14.0. The minimum atomic E-state index is -0.730. The van der Waals surface area contributed by atoms with Crippen molar-refractivity contribution in [3.63, 3.8) is 0 Å². The zero-order valence-electron chi connectivity index (χ0n) is 14.9. The van der Waals surface area contributed by atoms with Gasteiger partial charge >= 0.3 is 0 Å². The molecule has 6 nitrogen and oxygen atoms in total. The van der Waals surface area contributed by atoms with Gasteiger partial charge in [0.1, 0.15) is 11.6 Å². The van der Waals surface area contributed by atoms with Crippen molar-refractivity contribution in [3.8, 4) is 5.75 Å². The van der Waals surface area contributed by atoms with Gasteiger partial charge in [-0.05, 0) is 57.1 Å². The predicted octanol–water partition coefficient (Wildman–Crippen LogP) is 3.46. The molecular formula is C20H15BrFN3O3S. The Hall–Kier alpha value is -3.04. The first kappa shape index (κ1) is 20.7. The second-order valence-corrected chi connectivity index (χ2v) is 7.03. The Bertz CT molecular complexity index is 1090. The molecule has 9 heteroatoms. The number of rotatable bonds is 4. The number of hydrazine groups is 1. The van der Waals surface area contributed by atoms with Gasteiger partial charge in [0.25, 0.3) is 11.8 Å². The first-order valence-electron chi connectivity index (χ1n) is 8.40. The van der Waals surface area contributed by atoms with Crippen LogP contribution in [0.5, 0.6) is 5.75 Å². The second kappa shape index (κ2) is 9.44. The highest BCUT2D eigenvalue weighted by atomic mass is 79.9. The smallest absolute Gasteiger partial charge is 0.276 e. The number of hydrogen-bond acceptors (Lipinski definition) is 4. The third-order valence-electron chi connectivity index (χ3n) is 3.85. The Morgan fingerprint density at radius 3 is 2.52 bits per heavy atom. The van der Waals surface area contributed by atoms with Crippen LogP contribution in [0, 0.1) is 5.82 Å². The number of halogens is 2. The highest BCUT2D eigenvalue weighted by molar-refractivity contribution is 9.10. The summed E-state index contributed by atoms with van der Waals surface area (Å²) >= 11 is 8.39. The number of benzene rings is 3. The number of thiocarbonyl (C=S) groups is 1. The van der Waals surface area contributed by atoms with Crippen LogP contribution in [0.3, 0.4) is 0 Å². The van der Waals surface area contributed by atoms with Crippen LogP contribution >= 0.6 is 28.1 Å². The van der Waals surface area contributed by atoms with Crippen LogP contribution in [0.1, 0.15) is 10.4 Å². The lowest BCUT2D eigenvalue weighted by molar-refractivity contribution is -0.123. The summed E-state index contributed by atoms with van der Waals surface area (Å²) in [7, 11) is 0. The fourth-order valence-corrected chi connectivity index (χ4v) is 3.23. The third kappa shape index (κ3) is 5.27. The lowest BCUT2D eigenvalue weighted by Gasteiger charge is -2.13. The van der Waals surface area contributed by atoms with Gasteiger partial charge in [0, 0.05) is 0 Å². The molecule has 0 aliphatic rings. The molecule has 0 radical (unpaired) electrons. The highest BCUT2D eigenvalue weighted by Gasteiger charge is 2.13. The average molecular weight is 476 g/mol. The van der Waals surface area contributed by atoms with E-state index >= 15 is 0 Å². The molecule has 148 valence electrons. The molecule has 2 amide bonds. The minimum absolute atomic E-state index is 0.160. The molecule has 0 bridgehead atoms. The molecule has 0 aromatic heterocycles.